The smallest absolute Gasteiger partial charge is 0.339 e. The summed E-state index contributed by atoms with van der Waals surface area (Å²) in [5, 5.41) is 13.5. The van der Waals surface area contributed by atoms with Crippen LogP contribution in [0.2, 0.25) is 0 Å². The number of aryl methyl sites for hydroxylation is 2. The summed E-state index contributed by atoms with van der Waals surface area (Å²) in [7, 11) is 0. The highest BCUT2D eigenvalue weighted by Gasteiger charge is 2.15. The van der Waals surface area contributed by atoms with Crippen LogP contribution in [-0.2, 0) is 0 Å². The Hall–Kier alpha value is -2.89. The van der Waals surface area contributed by atoms with E-state index in [4.69, 9.17) is 4.74 Å². The first kappa shape index (κ1) is 13.1. The van der Waals surface area contributed by atoms with Crippen molar-refractivity contribution < 1.29 is 14.6 Å². The minimum absolute atomic E-state index is 0.0978. The first-order chi connectivity index (χ1) is 10.0. The third-order valence-electron chi connectivity index (χ3n) is 3.05. The first-order valence-corrected chi connectivity index (χ1v) is 6.37. The van der Waals surface area contributed by atoms with Gasteiger partial charge < -0.3 is 9.84 Å². The maximum atomic E-state index is 11.3. The second-order valence-corrected chi connectivity index (χ2v) is 4.75. The molecule has 6 nitrogen and oxygen atoms in total. The maximum Gasteiger partial charge on any atom is 0.339 e. The fourth-order valence-electron chi connectivity index (χ4n) is 2.09. The van der Waals surface area contributed by atoms with Crippen molar-refractivity contribution in [3.8, 4) is 11.6 Å². The molecule has 0 fully saturated rings. The molecule has 0 bridgehead atoms. The molecular formula is C15H13N3O3. The van der Waals surface area contributed by atoms with Crippen molar-refractivity contribution in [1.29, 1.82) is 0 Å². The van der Waals surface area contributed by atoms with E-state index in [2.05, 4.69) is 10.1 Å². The number of hydrogen-bond donors (Lipinski definition) is 1. The van der Waals surface area contributed by atoms with E-state index in [-0.39, 0.29) is 11.3 Å². The van der Waals surface area contributed by atoms with Crippen LogP contribution in [0.15, 0.2) is 36.7 Å². The van der Waals surface area contributed by atoms with E-state index >= 15 is 0 Å². The van der Waals surface area contributed by atoms with E-state index < -0.39 is 5.97 Å². The van der Waals surface area contributed by atoms with Gasteiger partial charge in [-0.3, -0.25) is 0 Å². The Morgan fingerprint density at radius 3 is 2.86 bits per heavy atom. The van der Waals surface area contributed by atoms with Crippen molar-refractivity contribution in [2.75, 3.05) is 0 Å². The summed E-state index contributed by atoms with van der Waals surface area (Å²) in [4.78, 5) is 15.4. The van der Waals surface area contributed by atoms with E-state index in [9.17, 15) is 9.90 Å². The number of carboxylic acids is 1. The Morgan fingerprint density at radius 2 is 2.10 bits per heavy atom. The fraction of sp³-hybridized carbons (Fsp3) is 0.133. The monoisotopic (exact) mass is 283 g/mol. The Balaban J connectivity index is 2.10. The second-order valence-electron chi connectivity index (χ2n) is 4.75. The van der Waals surface area contributed by atoms with Crippen molar-refractivity contribution in [1.82, 2.24) is 14.6 Å². The van der Waals surface area contributed by atoms with Crippen LogP contribution in [0.5, 0.6) is 11.6 Å². The zero-order chi connectivity index (χ0) is 15.0. The van der Waals surface area contributed by atoms with E-state index in [0.29, 0.717) is 11.4 Å². The summed E-state index contributed by atoms with van der Waals surface area (Å²) >= 11 is 0. The van der Waals surface area contributed by atoms with Gasteiger partial charge in [0.05, 0.1) is 5.69 Å². The van der Waals surface area contributed by atoms with E-state index in [0.717, 1.165) is 11.3 Å². The molecular weight excluding hydrogens is 270 g/mol. The zero-order valence-corrected chi connectivity index (χ0v) is 11.6. The maximum absolute atomic E-state index is 11.3. The number of carbonyl (C=O) groups is 1. The molecule has 0 spiro atoms. The van der Waals surface area contributed by atoms with Crippen molar-refractivity contribution in [2.45, 2.75) is 13.8 Å². The van der Waals surface area contributed by atoms with Gasteiger partial charge in [-0.25, -0.2) is 14.3 Å². The van der Waals surface area contributed by atoms with Gasteiger partial charge in [-0.1, -0.05) is 6.07 Å². The molecule has 0 amide bonds. The number of fused-ring (bicyclic) bond motifs is 1. The lowest BCUT2D eigenvalue weighted by molar-refractivity contribution is 0.0694. The average Bonchev–Trinajstić information content (AvgIpc) is 2.80. The molecule has 21 heavy (non-hydrogen) atoms. The topological polar surface area (TPSA) is 76.7 Å². The number of hydrogen-bond acceptors (Lipinski definition) is 4. The Kier molecular flexibility index (Phi) is 3.06. The number of nitrogens with zero attached hydrogens (tertiary/aromatic N) is 3. The molecule has 6 heteroatoms. The Bertz CT molecular complexity index is 839. The molecule has 2 aromatic heterocycles. The van der Waals surface area contributed by atoms with Gasteiger partial charge >= 0.3 is 5.97 Å². The van der Waals surface area contributed by atoms with Crippen LogP contribution in [0.1, 0.15) is 21.6 Å². The lowest BCUT2D eigenvalue weighted by Crippen LogP contribution is -2.02. The standard InChI is InChI=1S/C15H13N3O3/c1-9-3-4-11(15(19)20)13(7-9)21-14-12-8-10(2)17-18(12)6-5-16-14/h3-8H,1-2H3,(H,19,20). The number of rotatable bonds is 3. The van der Waals surface area contributed by atoms with Crippen molar-refractivity contribution in [2.24, 2.45) is 0 Å². The van der Waals surface area contributed by atoms with E-state index in [1.54, 1.807) is 29.0 Å². The van der Waals surface area contributed by atoms with Gasteiger partial charge in [0.2, 0.25) is 5.88 Å². The third-order valence-corrected chi connectivity index (χ3v) is 3.05. The second kappa shape index (κ2) is 4.90. The molecule has 0 atom stereocenters. The number of carboxylic acid groups (broad SMARTS) is 1. The van der Waals surface area contributed by atoms with Gasteiger partial charge in [-0.05, 0) is 37.6 Å². The van der Waals surface area contributed by atoms with Crippen LogP contribution >= 0.6 is 0 Å². The van der Waals surface area contributed by atoms with Crippen molar-refractivity contribution >= 4 is 11.5 Å². The summed E-state index contributed by atoms with van der Waals surface area (Å²) in [5.41, 5.74) is 2.52. The van der Waals surface area contributed by atoms with Gasteiger partial charge in [-0.2, -0.15) is 5.10 Å². The highest BCUT2D eigenvalue weighted by Crippen LogP contribution is 2.28. The summed E-state index contributed by atoms with van der Waals surface area (Å²) in [6.07, 6.45) is 3.27. The molecule has 0 radical (unpaired) electrons. The predicted octanol–water partition coefficient (Wildman–Crippen LogP) is 2.84. The molecule has 1 N–H and O–H groups in total. The van der Waals surface area contributed by atoms with Gasteiger partial charge in [0, 0.05) is 12.4 Å². The van der Waals surface area contributed by atoms with E-state index in [1.165, 1.54) is 6.07 Å². The molecule has 3 aromatic rings. The molecule has 1 aromatic carbocycles. The fourth-order valence-corrected chi connectivity index (χ4v) is 2.09. The molecule has 0 aliphatic rings. The van der Waals surface area contributed by atoms with Crippen LogP contribution in [0.3, 0.4) is 0 Å². The normalized spacial score (nSPS) is 10.8. The van der Waals surface area contributed by atoms with Crippen LogP contribution < -0.4 is 4.74 Å². The Labute approximate surface area is 120 Å². The van der Waals surface area contributed by atoms with Crippen LogP contribution in [0.4, 0.5) is 0 Å². The number of aromatic carboxylic acids is 1. The molecule has 106 valence electrons. The largest absolute Gasteiger partial charge is 0.478 e. The minimum Gasteiger partial charge on any atom is -0.478 e. The van der Waals surface area contributed by atoms with Crippen molar-refractivity contribution in [3.63, 3.8) is 0 Å². The Morgan fingerprint density at radius 1 is 1.29 bits per heavy atom. The zero-order valence-electron chi connectivity index (χ0n) is 11.6. The minimum atomic E-state index is -1.04. The number of aromatic nitrogens is 3. The van der Waals surface area contributed by atoms with Gasteiger partial charge in [0.1, 0.15) is 16.8 Å². The molecule has 0 aliphatic carbocycles. The summed E-state index contributed by atoms with van der Waals surface area (Å²) < 4.78 is 7.37. The lowest BCUT2D eigenvalue weighted by Gasteiger charge is -2.09. The van der Waals surface area contributed by atoms with Crippen LogP contribution in [0, 0.1) is 13.8 Å². The highest BCUT2D eigenvalue weighted by atomic mass is 16.5. The molecule has 0 saturated heterocycles. The molecule has 0 saturated carbocycles. The highest BCUT2D eigenvalue weighted by molar-refractivity contribution is 5.91. The van der Waals surface area contributed by atoms with E-state index in [1.807, 2.05) is 19.9 Å². The molecule has 0 unspecified atom stereocenters. The lowest BCUT2D eigenvalue weighted by atomic mass is 10.1. The predicted molar refractivity (Wildman–Crippen MR) is 75.9 cm³/mol. The summed E-state index contributed by atoms with van der Waals surface area (Å²) in [5.74, 6) is -0.449. The quantitative estimate of drug-likeness (QED) is 0.799. The van der Waals surface area contributed by atoms with Crippen LogP contribution in [-0.4, -0.2) is 25.7 Å². The summed E-state index contributed by atoms with van der Waals surface area (Å²) in [6, 6.07) is 6.76. The number of ether oxygens (including phenoxy) is 1. The van der Waals surface area contributed by atoms with Crippen LogP contribution in [0.25, 0.3) is 5.52 Å². The molecule has 2 heterocycles. The van der Waals surface area contributed by atoms with Gasteiger partial charge in [0.15, 0.2) is 0 Å². The average molecular weight is 283 g/mol. The van der Waals surface area contributed by atoms with Crippen molar-refractivity contribution in [3.05, 3.63) is 53.5 Å². The molecule has 0 aliphatic heterocycles. The summed E-state index contributed by atoms with van der Waals surface area (Å²) in [6.45, 7) is 3.74. The third kappa shape index (κ3) is 2.43. The molecule has 3 rings (SSSR count). The van der Waals surface area contributed by atoms with Gasteiger partial charge in [-0.15, -0.1) is 0 Å². The van der Waals surface area contributed by atoms with Gasteiger partial charge in [0.25, 0.3) is 0 Å². The first-order valence-electron chi connectivity index (χ1n) is 6.37. The SMILES string of the molecule is Cc1ccc(C(=O)O)c(Oc2nccn3nc(C)cc23)c1. The number of benzene rings is 1.